The zero-order chi connectivity index (χ0) is 14.0. The number of aromatic nitrogens is 1. The minimum Gasteiger partial charge on any atom is -0.497 e. The molecule has 0 aliphatic carbocycles. The van der Waals surface area contributed by atoms with Crippen molar-refractivity contribution in [1.29, 1.82) is 0 Å². The summed E-state index contributed by atoms with van der Waals surface area (Å²) in [6.07, 6.45) is 0. The van der Waals surface area contributed by atoms with E-state index in [9.17, 15) is 4.79 Å². The number of carbonyl (C=O) groups is 1. The van der Waals surface area contributed by atoms with E-state index in [-0.39, 0.29) is 5.56 Å². The van der Waals surface area contributed by atoms with Crippen LogP contribution in [-0.4, -0.2) is 23.2 Å². The number of methoxy groups -OCH3 is 1. The van der Waals surface area contributed by atoms with Gasteiger partial charge in [-0.2, -0.15) is 0 Å². The van der Waals surface area contributed by atoms with Crippen molar-refractivity contribution >= 4 is 5.97 Å². The molecule has 0 atom stereocenters. The lowest BCUT2D eigenvalue weighted by atomic mass is 10.0. The number of ether oxygens (including phenoxy) is 1. The molecule has 4 heteroatoms. The zero-order valence-electron chi connectivity index (χ0n) is 11.1. The van der Waals surface area contributed by atoms with Gasteiger partial charge in [-0.05, 0) is 49.7 Å². The minimum atomic E-state index is -0.950. The average molecular weight is 257 g/mol. The number of carboxylic acids is 1. The molecule has 0 fully saturated rings. The molecule has 4 nitrogen and oxygen atoms in total. The van der Waals surface area contributed by atoms with Crippen molar-refractivity contribution in [3.05, 3.63) is 47.2 Å². The molecule has 1 heterocycles. The number of pyridine rings is 1. The van der Waals surface area contributed by atoms with Crippen LogP contribution in [0, 0.1) is 13.8 Å². The van der Waals surface area contributed by atoms with E-state index in [0.717, 1.165) is 22.6 Å². The van der Waals surface area contributed by atoms with Gasteiger partial charge in [0.1, 0.15) is 5.75 Å². The smallest absolute Gasteiger partial charge is 0.337 e. The lowest BCUT2D eigenvalue weighted by Gasteiger charge is -2.09. The monoisotopic (exact) mass is 257 g/mol. The van der Waals surface area contributed by atoms with Gasteiger partial charge in [-0.3, -0.25) is 4.98 Å². The standard InChI is InChI=1S/C15H15NO3/c1-9-8-13(15(17)18)10(2)16-14(9)11-4-6-12(19-3)7-5-11/h4-8H,1-3H3,(H,17,18). The first-order valence-corrected chi connectivity index (χ1v) is 5.89. The largest absolute Gasteiger partial charge is 0.497 e. The summed E-state index contributed by atoms with van der Waals surface area (Å²) in [6.45, 7) is 3.56. The first-order valence-electron chi connectivity index (χ1n) is 5.89. The predicted molar refractivity (Wildman–Crippen MR) is 72.7 cm³/mol. The van der Waals surface area contributed by atoms with Gasteiger partial charge in [-0.25, -0.2) is 4.79 Å². The van der Waals surface area contributed by atoms with Crippen molar-refractivity contribution in [1.82, 2.24) is 4.98 Å². The van der Waals surface area contributed by atoms with Crippen molar-refractivity contribution < 1.29 is 14.6 Å². The van der Waals surface area contributed by atoms with Gasteiger partial charge in [0.25, 0.3) is 0 Å². The quantitative estimate of drug-likeness (QED) is 0.918. The highest BCUT2D eigenvalue weighted by atomic mass is 16.5. The summed E-state index contributed by atoms with van der Waals surface area (Å²) in [4.78, 5) is 15.4. The van der Waals surface area contributed by atoms with Crippen LogP contribution in [0.2, 0.25) is 0 Å². The lowest BCUT2D eigenvalue weighted by molar-refractivity contribution is 0.0695. The van der Waals surface area contributed by atoms with E-state index in [4.69, 9.17) is 9.84 Å². The van der Waals surface area contributed by atoms with Crippen molar-refractivity contribution in [2.24, 2.45) is 0 Å². The molecule has 98 valence electrons. The molecule has 2 aromatic rings. The molecular formula is C15H15NO3. The van der Waals surface area contributed by atoms with Gasteiger partial charge >= 0.3 is 5.97 Å². The highest BCUT2D eigenvalue weighted by molar-refractivity contribution is 5.89. The maximum Gasteiger partial charge on any atom is 0.337 e. The molecule has 0 saturated carbocycles. The Morgan fingerprint density at radius 3 is 2.37 bits per heavy atom. The number of hydrogen-bond acceptors (Lipinski definition) is 3. The van der Waals surface area contributed by atoms with Crippen molar-refractivity contribution in [2.45, 2.75) is 13.8 Å². The third kappa shape index (κ3) is 2.57. The van der Waals surface area contributed by atoms with Crippen molar-refractivity contribution in [2.75, 3.05) is 7.11 Å². The van der Waals surface area contributed by atoms with Crippen LogP contribution in [0.15, 0.2) is 30.3 Å². The van der Waals surface area contributed by atoms with Gasteiger partial charge in [-0.1, -0.05) is 0 Å². The molecule has 1 N–H and O–H groups in total. The Hall–Kier alpha value is -2.36. The molecule has 1 aromatic heterocycles. The van der Waals surface area contributed by atoms with E-state index >= 15 is 0 Å². The van der Waals surface area contributed by atoms with Gasteiger partial charge in [-0.15, -0.1) is 0 Å². The Labute approximate surface area is 111 Å². The highest BCUT2D eigenvalue weighted by Gasteiger charge is 2.12. The molecule has 0 unspecified atom stereocenters. The number of aromatic carboxylic acids is 1. The fraction of sp³-hybridized carbons (Fsp3) is 0.200. The van der Waals surface area contributed by atoms with Gasteiger partial charge in [0.15, 0.2) is 0 Å². The normalized spacial score (nSPS) is 10.3. The first kappa shape index (κ1) is 13.1. The molecular weight excluding hydrogens is 242 g/mol. The number of nitrogens with zero attached hydrogens (tertiary/aromatic N) is 1. The minimum absolute atomic E-state index is 0.245. The molecule has 1 aromatic carbocycles. The fourth-order valence-electron chi connectivity index (χ4n) is 1.96. The fourth-order valence-corrected chi connectivity index (χ4v) is 1.96. The Morgan fingerprint density at radius 1 is 1.21 bits per heavy atom. The summed E-state index contributed by atoms with van der Waals surface area (Å²) in [5, 5.41) is 9.06. The molecule has 0 aliphatic rings. The second-order valence-electron chi connectivity index (χ2n) is 4.32. The van der Waals surface area contributed by atoms with Crippen molar-refractivity contribution in [3.63, 3.8) is 0 Å². The summed E-state index contributed by atoms with van der Waals surface area (Å²) >= 11 is 0. The average Bonchev–Trinajstić information content (AvgIpc) is 2.41. The molecule has 0 amide bonds. The Morgan fingerprint density at radius 2 is 1.84 bits per heavy atom. The maximum absolute atomic E-state index is 11.0. The van der Waals surface area contributed by atoms with Gasteiger partial charge in [0, 0.05) is 5.56 Å². The van der Waals surface area contributed by atoms with Crippen LogP contribution < -0.4 is 4.74 Å². The van der Waals surface area contributed by atoms with Gasteiger partial charge in [0.2, 0.25) is 0 Å². The van der Waals surface area contributed by atoms with E-state index in [1.165, 1.54) is 0 Å². The van der Waals surface area contributed by atoms with Crippen LogP contribution in [0.3, 0.4) is 0 Å². The second-order valence-corrected chi connectivity index (χ2v) is 4.32. The Kier molecular flexibility index (Phi) is 3.51. The summed E-state index contributed by atoms with van der Waals surface area (Å²) in [7, 11) is 1.62. The molecule has 0 spiro atoms. The Bertz CT molecular complexity index is 618. The van der Waals surface area contributed by atoms with E-state index in [1.807, 2.05) is 31.2 Å². The third-order valence-corrected chi connectivity index (χ3v) is 3.00. The summed E-state index contributed by atoms with van der Waals surface area (Å²) in [5.41, 5.74) is 3.34. The molecule has 0 radical (unpaired) electrons. The molecule has 19 heavy (non-hydrogen) atoms. The topological polar surface area (TPSA) is 59.4 Å². The number of rotatable bonds is 3. The first-order chi connectivity index (χ1) is 9.02. The van der Waals surface area contributed by atoms with E-state index in [1.54, 1.807) is 20.1 Å². The molecule has 2 rings (SSSR count). The van der Waals surface area contributed by atoms with Gasteiger partial charge < -0.3 is 9.84 Å². The summed E-state index contributed by atoms with van der Waals surface area (Å²) < 4.78 is 5.11. The van der Waals surface area contributed by atoms with Crippen LogP contribution >= 0.6 is 0 Å². The van der Waals surface area contributed by atoms with Crippen LogP contribution in [0.1, 0.15) is 21.6 Å². The number of hydrogen-bond donors (Lipinski definition) is 1. The predicted octanol–water partition coefficient (Wildman–Crippen LogP) is 3.07. The third-order valence-electron chi connectivity index (χ3n) is 3.00. The summed E-state index contributed by atoms with van der Waals surface area (Å²) in [6, 6.07) is 9.19. The van der Waals surface area contributed by atoms with Crippen molar-refractivity contribution in [3.8, 4) is 17.0 Å². The van der Waals surface area contributed by atoms with E-state index in [0.29, 0.717) is 5.69 Å². The van der Waals surface area contributed by atoms with Crippen LogP contribution in [0.25, 0.3) is 11.3 Å². The second kappa shape index (κ2) is 5.10. The van der Waals surface area contributed by atoms with E-state index in [2.05, 4.69) is 4.98 Å². The zero-order valence-corrected chi connectivity index (χ0v) is 11.1. The number of carboxylic acid groups (broad SMARTS) is 1. The molecule has 0 aliphatic heterocycles. The van der Waals surface area contributed by atoms with Crippen LogP contribution in [0.4, 0.5) is 0 Å². The van der Waals surface area contributed by atoms with Crippen LogP contribution in [0.5, 0.6) is 5.75 Å². The molecule has 0 saturated heterocycles. The molecule has 0 bridgehead atoms. The van der Waals surface area contributed by atoms with Crippen LogP contribution in [-0.2, 0) is 0 Å². The maximum atomic E-state index is 11.0. The van der Waals surface area contributed by atoms with Gasteiger partial charge in [0.05, 0.1) is 24.1 Å². The SMILES string of the molecule is COc1ccc(-c2nc(C)c(C(=O)O)cc2C)cc1. The Balaban J connectivity index is 2.50. The lowest BCUT2D eigenvalue weighted by Crippen LogP contribution is -2.04. The number of aryl methyl sites for hydroxylation is 2. The van der Waals surface area contributed by atoms with E-state index < -0.39 is 5.97 Å². The number of benzene rings is 1. The highest BCUT2D eigenvalue weighted by Crippen LogP contribution is 2.25. The summed E-state index contributed by atoms with van der Waals surface area (Å²) in [5.74, 6) is -0.172.